The molecule has 0 aliphatic carbocycles. The molecule has 0 heterocycles. The SMILES string of the molecule is CC(O)CCOF. The molecule has 7 heavy (non-hydrogen) atoms. The molecule has 1 atom stereocenters. The molecule has 0 saturated carbocycles. The van der Waals surface area contributed by atoms with Gasteiger partial charge in [-0.3, -0.25) is 0 Å². The van der Waals surface area contributed by atoms with Crippen molar-refractivity contribution in [2.75, 3.05) is 6.61 Å². The molecule has 0 saturated heterocycles. The lowest BCUT2D eigenvalue weighted by Crippen LogP contribution is -2.02. The number of aliphatic hydroxyl groups is 1. The molecule has 44 valence electrons. The maximum Gasteiger partial charge on any atom is 0.0900 e. The summed E-state index contributed by atoms with van der Waals surface area (Å²) in [6, 6.07) is 0. The van der Waals surface area contributed by atoms with Crippen LogP contribution in [-0.4, -0.2) is 17.8 Å². The predicted octanol–water partition coefficient (Wildman–Crippen LogP) is 0.658. The van der Waals surface area contributed by atoms with Gasteiger partial charge in [-0.1, -0.05) is 0 Å². The Morgan fingerprint density at radius 1 is 1.86 bits per heavy atom. The fraction of sp³-hybridized carbons (Fsp3) is 1.00. The van der Waals surface area contributed by atoms with Crippen LogP contribution in [0.5, 0.6) is 0 Å². The average molecular weight is 108 g/mol. The van der Waals surface area contributed by atoms with Gasteiger partial charge >= 0.3 is 0 Å². The first-order chi connectivity index (χ1) is 3.27. The lowest BCUT2D eigenvalue weighted by atomic mass is 10.3. The van der Waals surface area contributed by atoms with Gasteiger partial charge in [0.25, 0.3) is 0 Å². The van der Waals surface area contributed by atoms with Crippen LogP contribution in [0, 0.1) is 0 Å². The minimum atomic E-state index is -0.462. The second kappa shape index (κ2) is 4.02. The van der Waals surface area contributed by atoms with Gasteiger partial charge in [0.2, 0.25) is 0 Å². The highest BCUT2D eigenvalue weighted by molar-refractivity contribution is 4.41. The summed E-state index contributed by atoms with van der Waals surface area (Å²) in [6.45, 7) is 1.57. The summed E-state index contributed by atoms with van der Waals surface area (Å²) in [7, 11) is 0. The minimum Gasteiger partial charge on any atom is -0.393 e. The van der Waals surface area contributed by atoms with Crippen LogP contribution in [0.25, 0.3) is 0 Å². The lowest BCUT2D eigenvalue weighted by molar-refractivity contribution is -0.138. The largest absolute Gasteiger partial charge is 0.393 e. The van der Waals surface area contributed by atoms with E-state index in [4.69, 9.17) is 5.11 Å². The van der Waals surface area contributed by atoms with E-state index in [9.17, 15) is 4.53 Å². The van der Waals surface area contributed by atoms with Crippen LogP contribution in [0.1, 0.15) is 13.3 Å². The van der Waals surface area contributed by atoms with Crippen molar-refractivity contribution in [3.8, 4) is 0 Å². The summed E-state index contributed by atoms with van der Waals surface area (Å²) < 4.78 is 10.7. The van der Waals surface area contributed by atoms with E-state index >= 15 is 0 Å². The van der Waals surface area contributed by atoms with E-state index in [0.29, 0.717) is 6.42 Å². The second-order valence-electron chi connectivity index (χ2n) is 1.45. The highest BCUT2D eigenvalue weighted by Gasteiger charge is 1.92. The zero-order valence-electron chi connectivity index (χ0n) is 4.22. The molecule has 2 nitrogen and oxygen atoms in total. The predicted molar refractivity (Wildman–Crippen MR) is 23.4 cm³/mol. The van der Waals surface area contributed by atoms with Gasteiger partial charge in [0.15, 0.2) is 0 Å². The quantitative estimate of drug-likeness (QED) is 0.575. The maximum absolute atomic E-state index is 10.7. The van der Waals surface area contributed by atoms with E-state index in [1.165, 1.54) is 0 Å². The van der Waals surface area contributed by atoms with Gasteiger partial charge in [-0.15, -0.1) is 0 Å². The molecule has 0 aromatic rings. The van der Waals surface area contributed by atoms with Crippen molar-refractivity contribution in [3.63, 3.8) is 0 Å². The van der Waals surface area contributed by atoms with E-state index in [-0.39, 0.29) is 6.61 Å². The Hall–Kier alpha value is -0.150. The van der Waals surface area contributed by atoms with E-state index < -0.39 is 6.10 Å². The van der Waals surface area contributed by atoms with Crippen molar-refractivity contribution >= 4 is 0 Å². The fourth-order valence-electron chi connectivity index (χ4n) is 0.215. The van der Waals surface area contributed by atoms with E-state index in [2.05, 4.69) is 4.94 Å². The highest BCUT2D eigenvalue weighted by atomic mass is 19.3. The summed E-state index contributed by atoms with van der Waals surface area (Å²) in [6.07, 6.45) is -0.105. The first-order valence-corrected chi connectivity index (χ1v) is 2.19. The summed E-state index contributed by atoms with van der Waals surface area (Å²) in [5, 5.41) is 8.44. The number of hydrogen-bond acceptors (Lipinski definition) is 2. The Kier molecular flexibility index (Phi) is 3.93. The van der Waals surface area contributed by atoms with Gasteiger partial charge in [0, 0.05) is 0 Å². The molecule has 0 spiro atoms. The monoisotopic (exact) mass is 108 g/mol. The molecule has 0 rings (SSSR count). The number of rotatable bonds is 3. The number of halogens is 1. The first-order valence-electron chi connectivity index (χ1n) is 2.19. The zero-order valence-corrected chi connectivity index (χ0v) is 4.22. The molecule has 0 aromatic heterocycles. The third-order valence-corrected chi connectivity index (χ3v) is 0.613. The van der Waals surface area contributed by atoms with Crippen molar-refractivity contribution in [2.45, 2.75) is 19.4 Å². The topological polar surface area (TPSA) is 29.5 Å². The van der Waals surface area contributed by atoms with Crippen molar-refractivity contribution in [1.29, 1.82) is 0 Å². The lowest BCUT2D eigenvalue weighted by Gasteiger charge is -1.96. The van der Waals surface area contributed by atoms with Crippen molar-refractivity contribution in [1.82, 2.24) is 0 Å². The normalized spacial score (nSPS) is 14.1. The Morgan fingerprint density at radius 3 is 2.57 bits per heavy atom. The summed E-state index contributed by atoms with van der Waals surface area (Å²) in [5.41, 5.74) is 0. The molecule has 0 amide bonds. The third-order valence-electron chi connectivity index (χ3n) is 0.613. The molecule has 0 aliphatic heterocycles. The number of hydrogen-bond donors (Lipinski definition) is 1. The number of aliphatic hydroxyl groups excluding tert-OH is 1. The standard InChI is InChI=1S/C4H9FO2/c1-4(6)2-3-7-5/h4,6H,2-3H2,1H3. The smallest absolute Gasteiger partial charge is 0.0900 e. The van der Waals surface area contributed by atoms with Gasteiger partial charge in [0.1, 0.15) is 0 Å². The zero-order chi connectivity index (χ0) is 5.70. The highest BCUT2D eigenvalue weighted by Crippen LogP contribution is 1.88. The van der Waals surface area contributed by atoms with Crippen LogP contribution >= 0.6 is 0 Å². The molecule has 0 radical (unpaired) electrons. The van der Waals surface area contributed by atoms with Gasteiger partial charge in [0.05, 0.1) is 12.7 Å². The van der Waals surface area contributed by atoms with Gasteiger partial charge < -0.3 is 5.11 Å². The molecule has 3 heteroatoms. The van der Waals surface area contributed by atoms with E-state index in [1.54, 1.807) is 6.92 Å². The molecule has 0 aliphatic rings. The molecule has 0 fully saturated rings. The summed E-state index contributed by atoms with van der Waals surface area (Å²) >= 11 is 0. The summed E-state index contributed by atoms with van der Waals surface area (Å²) in [4.78, 5) is 3.19. The molecule has 1 N–H and O–H groups in total. The van der Waals surface area contributed by atoms with E-state index in [0.717, 1.165) is 0 Å². The van der Waals surface area contributed by atoms with Crippen LogP contribution in [-0.2, 0) is 4.94 Å². The Bertz CT molecular complexity index is 38.7. The van der Waals surface area contributed by atoms with Gasteiger partial charge in [-0.05, 0) is 17.9 Å². The van der Waals surface area contributed by atoms with E-state index in [1.807, 2.05) is 0 Å². The van der Waals surface area contributed by atoms with Crippen LogP contribution in [0.3, 0.4) is 0 Å². The van der Waals surface area contributed by atoms with Crippen molar-refractivity contribution < 1.29 is 14.6 Å². The van der Waals surface area contributed by atoms with Crippen molar-refractivity contribution in [3.05, 3.63) is 0 Å². The Morgan fingerprint density at radius 2 is 2.43 bits per heavy atom. The molecule has 0 aromatic carbocycles. The van der Waals surface area contributed by atoms with Crippen LogP contribution < -0.4 is 0 Å². The van der Waals surface area contributed by atoms with Crippen LogP contribution in [0.4, 0.5) is 4.53 Å². The van der Waals surface area contributed by atoms with Crippen molar-refractivity contribution in [2.24, 2.45) is 0 Å². The second-order valence-corrected chi connectivity index (χ2v) is 1.45. The average Bonchev–Trinajstić information content (AvgIpc) is 1.61. The third kappa shape index (κ3) is 5.85. The molecule has 0 bridgehead atoms. The Balaban J connectivity index is 2.68. The maximum atomic E-state index is 10.7. The minimum absolute atomic E-state index is 0.0162. The molecular formula is C4H9FO2. The first kappa shape index (κ1) is 6.85. The fourth-order valence-corrected chi connectivity index (χ4v) is 0.215. The summed E-state index contributed by atoms with van der Waals surface area (Å²) in [5.74, 6) is 0. The van der Waals surface area contributed by atoms with Crippen LogP contribution in [0.2, 0.25) is 0 Å². The molecular weight excluding hydrogens is 99.0 g/mol. The van der Waals surface area contributed by atoms with Crippen LogP contribution in [0.15, 0.2) is 0 Å². The van der Waals surface area contributed by atoms with Gasteiger partial charge in [-0.25, -0.2) is 0 Å². The molecule has 1 unspecified atom stereocenters. The van der Waals surface area contributed by atoms with Gasteiger partial charge in [-0.2, -0.15) is 4.94 Å². The Labute approximate surface area is 41.8 Å².